The molecule has 3 rings (SSSR count). The van der Waals surface area contributed by atoms with Crippen molar-refractivity contribution in [3.63, 3.8) is 0 Å². The van der Waals surface area contributed by atoms with Gasteiger partial charge in [0.05, 0.1) is 12.9 Å². The molecule has 1 amide bonds. The SMILES string of the molecule is CCCCNC(=O)CSc1nnc(COc2ccc(OC)cc2)n1-c1ccccc1. The molecule has 0 radical (unpaired) electrons. The molecule has 3 aromatic rings. The normalized spacial score (nSPS) is 10.6. The van der Waals surface area contributed by atoms with Crippen LogP contribution >= 0.6 is 11.8 Å². The maximum atomic E-state index is 12.1. The van der Waals surface area contributed by atoms with Crippen LogP contribution in [0.4, 0.5) is 0 Å². The van der Waals surface area contributed by atoms with Gasteiger partial charge in [0, 0.05) is 12.2 Å². The summed E-state index contributed by atoms with van der Waals surface area (Å²) in [5, 5.41) is 12.2. The number of benzene rings is 2. The third-order valence-corrected chi connectivity index (χ3v) is 5.26. The Morgan fingerprint density at radius 3 is 2.50 bits per heavy atom. The quantitative estimate of drug-likeness (QED) is 0.371. The molecule has 1 heterocycles. The van der Waals surface area contributed by atoms with E-state index in [0.717, 1.165) is 24.3 Å². The van der Waals surface area contributed by atoms with Crippen LogP contribution in [-0.4, -0.2) is 40.1 Å². The lowest BCUT2D eigenvalue weighted by atomic mass is 10.3. The first kappa shape index (κ1) is 21.7. The van der Waals surface area contributed by atoms with Gasteiger partial charge in [-0.25, -0.2) is 0 Å². The summed E-state index contributed by atoms with van der Waals surface area (Å²) in [7, 11) is 1.63. The monoisotopic (exact) mass is 426 g/mol. The predicted octanol–water partition coefficient (Wildman–Crippen LogP) is 3.86. The van der Waals surface area contributed by atoms with E-state index in [1.165, 1.54) is 11.8 Å². The highest BCUT2D eigenvalue weighted by atomic mass is 32.2. The van der Waals surface area contributed by atoms with Crippen LogP contribution in [0.3, 0.4) is 0 Å². The predicted molar refractivity (Wildman–Crippen MR) is 117 cm³/mol. The zero-order valence-corrected chi connectivity index (χ0v) is 18.0. The van der Waals surface area contributed by atoms with E-state index in [4.69, 9.17) is 9.47 Å². The average Bonchev–Trinajstić information content (AvgIpc) is 3.20. The van der Waals surface area contributed by atoms with Crippen LogP contribution in [0.2, 0.25) is 0 Å². The van der Waals surface area contributed by atoms with E-state index in [2.05, 4.69) is 22.4 Å². The van der Waals surface area contributed by atoms with E-state index in [9.17, 15) is 4.79 Å². The standard InChI is InChI=1S/C22H26N4O3S/c1-3-4-14-23-21(27)16-30-22-25-24-20(26(22)17-8-6-5-7-9-17)15-29-19-12-10-18(28-2)11-13-19/h5-13H,3-4,14-16H2,1-2H3,(H,23,27). The van der Waals surface area contributed by atoms with Crippen molar-refractivity contribution >= 4 is 17.7 Å². The van der Waals surface area contributed by atoms with Crippen molar-refractivity contribution in [1.82, 2.24) is 20.1 Å². The van der Waals surface area contributed by atoms with E-state index in [0.29, 0.717) is 23.3 Å². The molecule has 7 nitrogen and oxygen atoms in total. The minimum absolute atomic E-state index is 0.00732. The van der Waals surface area contributed by atoms with E-state index >= 15 is 0 Å². The first-order valence-corrected chi connectivity index (χ1v) is 10.9. The number of para-hydroxylation sites is 1. The highest BCUT2D eigenvalue weighted by Gasteiger charge is 2.16. The molecular weight excluding hydrogens is 400 g/mol. The molecule has 0 spiro atoms. The van der Waals surface area contributed by atoms with Crippen molar-refractivity contribution in [2.24, 2.45) is 0 Å². The summed E-state index contributed by atoms with van der Waals surface area (Å²) >= 11 is 1.36. The van der Waals surface area contributed by atoms with Gasteiger partial charge in [0.1, 0.15) is 18.1 Å². The Morgan fingerprint density at radius 1 is 1.07 bits per heavy atom. The molecule has 158 valence electrons. The molecule has 0 aliphatic rings. The lowest BCUT2D eigenvalue weighted by Crippen LogP contribution is -2.26. The van der Waals surface area contributed by atoms with E-state index < -0.39 is 0 Å². The van der Waals surface area contributed by atoms with Crippen molar-refractivity contribution in [1.29, 1.82) is 0 Å². The number of unbranched alkanes of at least 4 members (excludes halogenated alkanes) is 1. The molecule has 0 saturated heterocycles. The zero-order valence-electron chi connectivity index (χ0n) is 17.2. The Bertz CT molecular complexity index is 929. The Labute approximate surface area is 180 Å². The second-order valence-electron chi connectivity index (χ2n) is 6.53. The number of rotatable bonds is 11. The molecule has 0 atom stereocenters. The fraction of sp³-hybridized carbons (Fsp3) is 0.318. The first-order chi connectivity index (χ1) is 14.7. The lowest BCUT2D eigenvalue weighted by Gasteiger charge is -2.11. The number of carbonyl (C=O) groups excluding carboxylic acids is 1. The molecule has 0 aliphatic carbocycles. The topological polar surface area (TPSA) is 78.3 Å². The maximum Gasteiger partial charge on any atom is 0.230 e. The van der Waals surface area contributed by atoms with Gasteiger partial charge in [0.15, 0.2) is 11.0 Å². The number of hydrogen-bond donors (Lipinski definition) is 1. The molecule has 2 aromatic carbocycles. The van der Waals surface area contributed by atoms with Crippen LogP contribution in [-0.2, 0) is 11.4 Å². The molecular formula is C22H26N4O3S. The van der Waals surface area contributed by atoms with Crippen LogP contribution in [0.25, 0.3) is 5.69 Å². The highest BCUT2D eigenvalue weighted by Crippen LogP contribution is 2.23. The number of aromatic nitrogens is 3. The van der Waals surface area contributed by atoms with Crippen molar-refractivity contribution < 1.29 is 14.3 Å². The van der Waals surface area contributed by atoms with Crippen LogP contribution in [0.15, 0.2) is 59.8 Å². The summed E-state index contributed by atoms with van der Waals surface area (Å²) in [5.41, 5.74) is 0.921. The Morgan fingerprint density at radius 2 is 1.80 bits per heavy atom. The largest absolute Gasteiger partial charge is 0.497 e. The van der Waals surface area contributed by atoms with Gasteiger partial charge in [0.2, 0.25) is 5.91 Å². The van der Waals surface area contributed by atoms with Gasteiger partial charge >= 0.3 is 0 Å². The number of ether oxygens (including phenoxy) is 2. The van der Waals surface area contributed by atoms with E-state index in [1.807, 2.05) is 59.2 Å². The molecule has 8 heteroatoms. The van der Waals surface area contributed by atoms with Gasteiger partial charge < -0.3 is 14.8 Å². The molecule has 1 N–H and O–H groups in total. The van der Waals surface area contributed by atoms with Gasteiger partial charge in [-0.3, -0.25) is 9.36 Å². The molecule has 0 fully saturated rings. The van der Waals surface area contributed by atoms with Gasteiger partial charge in [-0.2, -0.15) is 0 Å². The van der Waals surface area contributed by atoms with Gasteiger partial charge in [-0.15, -0.1) is 10.2 Å². The first-order valence-electron chi connectivity index (χ1n) is 9.87. The molecule has 30 heavy (non-hydrogen) atoms. The molecule has 0 aliphatic heterocycles. The van der Waals surface area contributed by atoms with Crippen LogP contribution in [0.5, 0.6) is 11.5 Å². The van der Waals surface area contributed by atoms with E-state index in [1.54, 1.807) is 7.11 Å². The Kier molecular flexibility index (Phi) is 8.14. The summed E-state index contributed by atoms with van der Waals surface area (Å²) < 4.78 is 13.0. The summed E-state index contributed by atoms with van der Waals surface area (Å²) in [4.78, 5) is 12.1. The fourth-order valence-electron chi connectivity index (χ4n) is 2.73. The number of nitrogens with one attached hydrogen (secondary N) is 1. The van der Waals surface area contributed by atoms with Crippen LogP contribution in [0, 0.1) is 0 Å². The highest BCUT2D eigenvalue weighted by molar-refractivity contribution is 7.99. The minimum Gasteiger partial charge on any atom is -0.497 e. The lowest BCUT2D eigenvalue weighted by molar-refractivity contribution is -0.118. The number of thioether (sulfide) groups is 1. The summed E-state index contributed by atoms with van der Waals surface area (Å²) in [6.45, 7) is 3.04. The third-order valence-electron chi connectivity index (χ3n) is 4.33. The minimum atomic E-state index is -0.00732. The van der Waals surface area contributed by atoms with Crippen LogP contribution < -0.4 is 14.8 Å². The van der Waals surface area contributed by atoms with Crippen molar-refractivity contribution in [3.8, 4) is 17.2 Å². The fourth-order valence-corrected chi connectivity index (χ4v) is 3.53. The van der Waals surface area contributed by atoms with Gasteiger partial charge in [-0.1, -0.05) is 43.3 Å². The number of methoxy groups -OCH3 is 1. The van der Waals surface area contributed by atoms with Crippen molar-refractivity contribution in [2.45, 2.75) is 31.5 Å². The third kappa shape index (κ3) is 6.00. The zero-order chi connectivity index (χ0) is 21.2. The van der Waals surface area contributed by atoms with Crippen molar-refractivity contribution in [2.75, 3.05) is 19.4 Å². The second-order valence-corrected chi connectivity index (χ2v) is 7.47. The van der Waals surface area contributed by atoms with Gasteiger partial charge in [-0.05, 0) is 42.8 Å². The van der Waals surface area contributed by atoms with Crippen molar-refractivity contribution in [3.05, 3.63) is 60.4 Å². The molecule has 0 unspecified atom stereocenters. The second kappa shape index (κ2) is 11.3. The average molecular weight is 427 g/mol. The molecule has 0 saturated carbocycles. The number of amides is 1. The van der Waals surface area contributed by atoms with E-state index in [-0.39, 0.29) is 18.3 Å². The Balaban J connectivity index is 1.72. The van der Waals surface area contributed by atoms with Gasteiger partial charge in [0.25, 0.3) is 0 Å². The summed E-state index contributed by atoms with van der Waals surface area (Å²) in [6, 6.07) is 17.2. The molecule has 0 bridgehead atoms. The summed E-state index contributed by atoms with van der Waals surface area (Å²) in [6.07, 6.45) is 2.02. The Hall–Kier alpha value is -3.00. The summed E-state index contributed by atoms with van der Waals surface area (Å²) in [5.74, 6) is 2.42. The number of carbonyl (C=O) groups is 1. The molecule has 1 aromatic heterocycles. The van der Waals surface area contributed by atoms with Crippen LogP contribution in [0.1, 0.15) is 25.6 Å². The maximum absolute atomic E-state index is 12.1. The number of hydrogen-bond acceptors (Lipinski definition) is 6. The number of nitrogens with zero attached hydrogens (tertiary/aromatic N) is 3. The smallest absolute Gasteiger partial charge is 0.230 e.